The maximum absolute atomic E-state index is 11.9. The smallest absolute Gasteiger partial charge is 0.211 e. The van der Waals surface area contributed by atoms with Gasteiger partial charge in [-0.15, -0.1) is 0 Å². The van der Waals surface area contributed by atoms with E-state index in [1.54, 1.807) is 6.92 Å². The van der Waals surface area contributed by atoms with Gasteiger partial charge < -0.3 is 4.74 Å². The number of nitrogens with one attached hydrogen (secondary N) is 1. The molecule has 1 aromatic carbocycles. The Morgan fingerprint density at radius 3 is 2.79 bits per heavy atom. The first-order valence-corrected chi connectivity index (χ1v) is 10.4. The highest BCUT2D eigenvalue weighted by Crippen LogP contribution is 2.29. The van der Waals surface area contributed by atoms with Gasteiger partial charge in [-0.3, -0.25) is 4.79 Å². The first kappa shape index (κ1) is 17.4. The molecule has 2 aliphatic carbocycles. The Kier molecular flexibility index (Phi) is 5.25. The fraction of sp³-hybridized carbons (Fsp3) is 0.611. The number of benzene rings is 1. The second kappa shape index (κ2) is 7.23. The molecule has 0 heterocycles. The number of carbonyl (C=O) groups is 1. The van der Waals surface area contributed by atoms with Crippen molar-refractivity contribution in [2.45, 2.75) is 51.5 Å². The number of sulfonamides is 1. The molecule has 0 aliphatic heterocycles. The molecule has 3 rings (SSSR count). The summed E-state index contributed by atoms with van der Waals surface area (Å²) in [5.41, 5.74) is 1.87. The van der Waals surface area contributed by atoms with Gasteiger partial charge in [0.15, 0.2) is 5.78 Å². The molecule has 6 heteroatoms. The van der Waals surface area contributed by atoms with Crippen molar-refractivity contribution >= 4 is 15.8 Å². The van der Waals surface area contributed by atoms with Crippen LogP contribution in [0.1, 0.15) is 54.9 Å². The SMILES string of the molecule is CCS(=O)(=O)NC1CCCCC1COc1ccc2c(c1)CCC2=O. The predicted octanol–water partition coefficient (Wildman–Crippen LogP) is 2.69. The fourth-order valence-electron chi connectivity index (χ4n) is 3.60. The Morgan fingerprint density at radius 2 is 2.00 bits per heavy atom. The molecule has 2 unspecified atom stereocenters. The summed E-state index contributed by atoms with van der Waals surface area (Å²) in [7, 11) is -3.19. The van der Waals surface area contributed by atoms with E-state index in [4.69, 9.17) is 4.74 Å². The lowest BCUT2D eigenvalue weighted by Gasteiger charge is -2.31. The molecule has 0 bridgehead atoms. The molecule has 1 saturated carbocycles. The van der Waals surface area contributed by atoms with Crippen LogP contribution in [-0.2, 0) is 16.4 Å². The van der Waals surface area contributed by atoms with E-state index in [1.165, 1.54) is 0 Å². The monoisotopic (exact) mass is 351 g/mol. The molecule has 0 spiro atoms. The number of hydrogen-bond donors (Lipinski definition) is 1. The summed E-state index contributed by atoms with van der Waals surface area (Å²) >= 11 is 0. The quantitative estimate of drug-likeness (QED) is 0.855. The Labute approximate surface area is 143 Å². The van der Waals surface area contributed by atoms with E-state index in [1.807, 2.05) is 18.2 Å². The molecule has 2 atom stereocenters. The zero-order valence-corrected chi connectivity index (χ0v) is 14.9. The van der Waals surface area contributed by atoms with E-state index >= 15 is 0 Å². The molecule has 0 saturated heterocycles. The van der Waals surface area contributed by atoms with Crippen LogP contribution in [-0.4, -0.2) is 32.6 Å². The van der Waals surface area contributed by atoms with Gasteiger partial charge >= 0.3 is 0 Å². The summed E-state index contributed by atoms with van der Waals surface area (Å²) in [4.78, 5) is 11.7. The lowest BCUT2D eigenvalue weighted by Crippen LogP contribution is -2.44. The first-order valence-electron chi connectivity index (χ1n) is 8.77. The normalized spacial score (nSPS) is 24.0. The lowest BCUT2D eigenvalue weighted by atomic mass is 9.86. The summed E-state index contributed by atoms with van der Waals surface area (Å²) in [5, 5.41) is 0. The maximum atomic E-state index is 11.9. The van der Waals surface area contributed by atoms with E-state index in [0.717, 1.165) is 49.0 Å². The van der Waals surface area contributed by atoms with Crippen LogP contribution in [0.25, 0.3) is 0 Å². The predicted molar refractivity (Wildman–Crippen MR) is 92.9 cm³/mol. The molecular weight excluding hydrogens is 326 g/mol. The molecule has 24 heavy (non-hydrogen) atoms. The maximum Gasteiger partial charge on any atom is 0.211 e. The van der Waals surface area contributed by atoms with Gasteiger partial charge in [-0.1, -0.05) is 12.8 Å². The zero-order chi connectivity index (χ0) is 17.2. The third-order valence-corrected chi connectivity index (χ3v) is 6.50. The van der Waals surface area contributed by atoms with Crippen molar-refractivity contribution in [3.05, 3.63) is 29.3 Å². The number of hydrogen-bond acceptors (Lipinski definition) is 4. The second-order valence-corrected chi connectivity index (χ2v) is 8.77. The summed E-state index contributed by atoms with van der Waals surface area (Å²) in [6, 6.07) is 5.60. The van der Waals surface area contributed by atoms with Crippen LogP contribution in [0.2, 0.25) is 0 Å². The van der Waals surface area contributed by atoms with Crippen molar-refractivity contribution in [2.75, 3.05) is 12.4 Å². The number of ketones is 1. The molecule has 0 amide bonds. The molecule has 5 nitrogen and oxygen atoms in total. The molecule has 1 fully saturated rings. The molecular formula is C18H25NO4S. The summed E-state index contributed by atoms with van der Waals surface area (Å²) in [5.74, 6) is 1.27. The lowest BCUT2D eigenvalue weighted by molar-refractivity contribution is 0.0994. The third kappa shape index (κ3) is 3.98. The summed E-state index contributed by atoms with van der Waals surface area (Å²) in [6.07, 6.45) is 5.37. The molecule has 1 aromatic rings. The minimum absolute atomic E-state index is 0.0419. The van der Waals surface area contributed by atoms with Gasteiger partial charge in [0.05, 0.1) is 12.4 Å². The number of aryl methyl sites for hydroxylation is 1. The van der Waals surface area contributed by atoms with Crippen LogP contribution in [0.5, 0.6) is 5.75 Å². The van der Waals surface area contributed by atoms with Crippen LogP contribution >= 0.6 is 0 Å². The van der Waals surface area contributed by atoms with Crippen molar-refractivity contribution in [3.8, 4) is 5.75 Å². The molecule has 0 radical (unpaired) electrons. The number of Topliss-reactive ketones (excluding diaryl/α,β-unsaturated/α-hetero) is 1. The van der Waals surface area contributed by atoms with E-state index in [9.17, 15) is 13.2 Å². The Balaban J connectivity index is 1.63. The Morgan fingerprint density at radius 1 is 1.21 bits per heavy atom. The second-order valence-electron chi connectivity index (χ2n) is 6.73. The third-order valence-electron chi connectivity index (χ3n) is 5.08. The van der Waals surface area contributed by atoms with E-state index in [0.29, 0.717) is 13.0 Å². The standard InChI is InChI=1S/C18H25NO4S/c1-2-24(21,22)19-17-6-4-3-5-14(17)12-23-15-8-9-16-13(11-15)7-10-18(16)20/h8-9,11,14,17,19H,2-7,10,12H2,1H3. The summed E-state index contributed by atoms with van der Waals surface area (Å²) in [6.45, 7) is 2.16. The van der Waals surface area contributed by atoms with Gasteiger partial charge in [0, 0.05) is 23.9 Å². The highest BCUT2D eigenvalue weighted by Gasteiger charge is 2.29. The minimum atomic E-state index is -3.19. The zero-order valence-electron chi connectivity index (χ0n) is 14.1. The highest BCUT2D eigenvalue weighted by molar-refractivity contribution is 7.89. The molecule has 132 valence electrons. The average molecular weight is 351 g/mol. The van der Waals surface area contributed by atoms with Gasteiger partial charge in [-0.25, -0.2) is 13.1 Å². The van der Waals surface area contributed by atoms with Gasteiger partial charge in [0.2, 0.25) is 10.0 Å². The van der Waals surface area contributed by atoms with Crippen molar-refractivity contribution < 1.29 is 17.9 Å². The molecule has 0 aromatic heterocycles. The number of ether oxygens (including phenoxy) is 1. The van der Waals surface area contributed by atoms with Gasteiger partial charge in [0.1, 0.15) is 5.75 Å². The van der Waals surface area contributed by atoms with Crippen molar-refractivity contribution in [1.82, 2.24) is 4.72 Å². The Hall–Kier alpha value is -1.40. The van der Waals surface area contributed by atoms with Crippen molar-refractivity contribution in [1.29, 1.82) is 0 Å². The number of carbonyl (C=O) groups excluding carboxylic acids is 1. The van der Waals surface area contributed by atoms with Gasteiger partial charge in [-0.05, 0) is 49.9 Å². The average Bonchev–Trinajstić information content (AvgIpc) is 2.94. The van der Waals surface area contributed by atoms with Crippen LogP contribution in [0, 0.1) is 5.92 Å². The fourth-order valence-corrected chi connectivity index (χ4v) is 4.54. The molecule has 1 N–H and O–H groups in total. The minimum Gasteiger partial charge on any atom is -0.493 e. The van der Waals surface area contributed by atoms with E-state index in [-0.39, 0.29) is 23.5 Å². The van der Waals surface area contributed by atoms with Crippen molar-refractivity contribution in [2.24, 2.45) is 5.92 Å². The summed E-state index contributed by atoms with van der Waals surface area (Å²) < 4.78 is 32.5. The topological polar surface area (TPSA) is 72.5 Å². The van der Waals surface area contributed by atoms with Gasteiger partial charge in [0.25, 0.3) is 0 Å². The van der Waals surface area contributed by atoms with Crippen LogP contribution in [0.3, 0.4) is 0 Å². The van der Waals surface area contributed by atoms with Crippen LogP contribution in [0.4, 0.5) is 0 Å². The number of fused-ring (bicyclic) bond motifs is 1. The first-order chi connectivity index (χ1) is 11.5. The van der Waals surface area contributed by atoms with Crippen LogP contribution < -0.4 is 9.46 Å². The van der Waals surface area contributed by atoms with Crippen LogP contribution in [0.15, 0.2) is 18.2 Å². The van der Waals surface area contributed by atoms with Gasteiger partial charge in [-0.2, -0.15) is 0 Å². The van der Waals surface area contributed by atoms with E-state index in [2.05, 4.69) is 4.72 Å². The van der Waals surface area contributed by atoms with E-state index < -0.39 is 10.0 Å². The largest absolute Gasteiger partial charge is 0.493 e. The highest BCUT2D eigenvalue weighted by atomic mass is 32.2. The molecule has 2 aliphatic rings. The number of rotatable bonds is 6. The Bertz CT molecular complexity index is 714. The van der Waals surface area contributed by atoms with Crippen molar-refractivity contribution in [3.63, 3.8) is 0 Å².